The molecule has 1 aliphatic carbocycles. The second-order valence-corrected chi connectivity index (χ2v) is 4.94. The Morgan fingerprint density at radius 2 is 1.82 bits per heavy atom. The number of aliphatic hydroxyl groups is 1. The second-order valence-electron chi connectivity index (χ2n) is 4.94. The molecule has 1 aliphatic rings. The SMILES string of the molecule is Cc1nnc(NCC2(O)CCCCC2)nc1C. The summed E-state index contributed by atoms with van der Waals surface area (Å²) in [5.74, 6) is 0.507. The summed E-state index contributed by atoms with van der Waals surface area (Å²) < 4.78 is 0. The zero-order valence-electron chi connectivity index (χ0n) is 10.5. The summed E-state index contributed by atoms with van der Waals surface area (Å²) >= 11 is 0. The van der Waals surface area contributed by atoms with Gasteiger partial charge in [-0.1, -0.05) is 19.3 Å². The van der Waals surface area contributed by atoms with Crippen LogP contribution in [0.4, 0.5) is 5.95 Å². The lowest BCUT2D eigenvalue weighted by Gasteiger charge is -2.32. The van der Waals surface area contributed by atoms with Crippen molar-refractivity contribution >= 4 is 5.95 Å². The maximum atomic E-state index is 10.3. The molecule has 1 heterocycles. The highest BCUT2D eigenvalue weighted by Crippen LogP contribution is 2.27. The second kappa shape index (κ2) is 4.96. The van der Waals surface area contributed by atoms with Gasteiger partial charge in [-0.15, -0.1) is 5.10 Å². The summed E-state index contributed by atoms with van der Waals surface area (Å²) in [6, 6.07) is 0. The van der Waals surface area contributed by atoms with E-state index in [4.69, 9.17) is 0 Å². The van der Waals surface area contributed by atoms with Crippen LogP contribution in [0.2, 0.25) is 0 Å². The van der Waals surface area contributed by atoms with Crippen LogP contribution in [0.1, 0.15) is 43.5 Å². The number of aromatic nitrogens is 3. The van der Waals surface area contributed by atoms with E-state index in [9.17, 15) is 5.11 Å². The van der Waals surface area contributed by atoms with E-state index in [1.165, 1.54) is 6.42 Å². The minimum absolute atomic E-state index is 0.507. The van der Waals surface area contributed by atoms with Gasteiger partial charge in [0.15, 0.2) is 0 Å². The zero-order valence-corrected chi connectivity index (χ0v) is 10.5. The Labute approximate surface area is 102 Å². The fraction of sp³-hybridized carbons (Fsp3) is 0.750. The molecule has 0 atom stereocenters. The Hall–Kier alpha value is -1.23. The summed E-state index contributed by atoms with van der Waals surface area (Å²) in [5, 5.41) is 21.4. The molecule has 0 aromatic carbocycles. The Kier molecular flexibility index (Phi) is 3.57. The number of aryl methyl sites for hydroxylation is 2. The lowest BCUT2D eigenvalue weighted by atomic mass is 9.85. The summed E-state index contributed by atoms with van der Waals surface area (Å²) in [7, 11) is 0. The molecule has 5 nitrogen and oxygen atoms in total. The Morgan fingerprint density at radius 1 is 1.12 bits per heavy atom. The van der Waals surface area contributed by atoms with Gasteiger partial charge < -0.3 is 10.4 Å². The number of rotatable bonds is 3. The highest BCUT2D eigenvalue weighted by atomic mass is 16.3. The number of anilines is 1. The monoisotopic (exact) mass is 236 g/mol. The number of hydrogen-bond acceptors (Lipinski definition) is 5. The van der Waals surface area contributed by atoms with Gasteiger partial charge in [0.05, 0.1) is 17.0 Å². The molecule has 2 N–H and O–H groups in total. The fourth-order valence-corrected chi connectivity index (χ4v) is 2.16. The van der Waals surface area contributed by atoms with Crippen LogP contribution in [0, 0.1) is 13.8 Å². The summed E-state index contributed by atoms with van der Waals surface area (Å²) in [4.78, 5) is 4.29. The molecule has 0 aliphatic heterocycles. The fourth-order valence-electron chi connectivity index (χ4n) is 2.16. The molecule has 0 saturated heterocycles. The first-order chi connectivity index (χ1) is 8.09. The average Bonchev–Trinajstić information content (AvgIpc) is 2.32. The van der Waals surface area contributed by atoms with E-state index in [-0.39, 0.29) is 0 Å². The van der Waals surface area contributed by atoms with E-state index in [2.05, 4.69) is 20.5 Å². The third-order valence-corrected chi connectivity index (χ3v) is 3.45. The van der Waals surface area contributed by atoms with Crippen molar-refractivity contribution in [1.29, 1.82) is 0 Å². The van der Waals surface area contributed by atoms with Crippen LogP contribution in [0.25, 0.3) is 0 Å². The topological polar surface area (TPSA) is 70.9 Å². The molecule has 0 bridgehead atoms. The largest absolute Gasteiger partial charge is 0.388 e. The molecule has 0 radical (unpaired) electrons. The van der Waals surface area contributed by atoms with Crippen molar-refractivity contribution < 1.29 is 5.11 Å². The van der Waals surface area contributed by atoms with Crippen molar-refractivity contribution in [3.8, 4) is 0 Å². The van der Waals surface area contributed by atoms with Gasteiger partial charge in [0, 0.05) is 6.54 Å². The maximum absolute atomic E-state index is 10.3. The van der Waals surface area contributed by atoms with Gasteiger partial charge in [-0.25, -0.2) is 4.98 Å². The standard InChI is InChI=1S/C12H20N4O/c1-9-10(2)15-16-11(14-9)13-8-12(17)6-4-3-5-7-12/h17H,3-8H2,1-2H3,(H,13,14,16). The Morgan fingerprint density at radius 3 is 2.47 bits per heavy atom. The van der Waals surface area contributed by atoms with Crippen LogP contribution < -0.4 is 5.32 Å². The van der Waals surface area contributed by atoms with Gasteiger partial charge in [-0.3, -0.25) is 0 Å². The summed E-state index contributed by atoms with van der Waals surface area (Å²) in [6.45, 7) is 4.30. The molecule has 5 heteroatoms. The van der Waals surface area contributed by atoms with Gasteiger partial charge in [0.2, 0.25) is 5.95 Å². The average molecular weight is 236 g/mol. The molecule has 2 rings (SSSR count). The first-order valence-corrected chi connectivity index (χ1v) is 6.23. The van der Waals surface area contributed by atoms with E-state index in [1.807, 2.05) is 13.8 Å². The highest BCUT2D eigenvalue weighted by Gasteiger charge is 2.29. The molecule has 1 aromatic rings. The minimum atomic E-state index is -0.597. The normalized spacial score (nSPS) is 19.0. The van der Waals surface area contributed by atoms with Crippen LogP contribution in [-0.2, 0) is 0 Å². The van der Waals surface area contributed by atoms with Crippen LogP contribution >= 0.6 is 0 Å². The molecule has 17 heavy (non-hydrogen) atoms. The third-order valence-electron chi connectivity index (χ3n) is 3.45. The van der Waals surface area contributed by atoms with Crippen molar-refractivity contribution in [3.63, 3.8) is 0 Å². The number of hydrogen-bond donors (Lipinski definition) is 2. The molecule has 1 saturated carbocycles. The van der Waals surface area contributed by atoms with Gasteiger partial charge >= 0.3 is 0 Å². The lowest BCUT2D eigenvalue weighted by Crippen LogP contribution is -2.39. The van der Waals surface area contributed by atoms with Gasteiger partial charge in [-0.2, -0.15) is 5.10 Å². The third kappa shape index (κ3) is 3.12. The van der Waals surface area contributed by atoms with Crippen LogP contribution in [0.5, 0.6) is 0 Å². The maximum Gasteiger partial charge on any atom is 0.243 e. The first kappa shape index (κ1) is 12.2. The van der Waals surface area contributed by atoms with E-state index in [0.29, 0.717) is 12.5 Å². The van der Waals surface area contributed by atoms with E-state index < -0.39 is 5.60 Å². The Balaban J connectivity index is 1.94. The van der Waals surface area contributed by atoms with E-state index >= 15 is 0 Å². The van der Waals surface area contributed by atoms with Crippen molar-refractivity contribution in [2.45, 2.75) is 51.6 Å². The predicted octanol–water partition coefficient (Wildman–Crippen LogP) is 1.60. The Bertz CT molecular complexity index is 388. The molecule has 0 spiro atoms. The first-order valence-electron chi connectivity index (χ1n) is 6.23. The van der Waals surface area contributed by atoms with E-state index in [1.54, 1.807) is 0 Å². The van der Waals surface area contributed by atoms with Gasteiger partial charge in [0.25, 0.3) is 0 Å². The lowest BCUT2D eigenvalue weighted by molar-refractivity contribution is 0.0165. The van der Waals surface area contributed by atoms with Gasteiger partial charge in [-0.05, 0) is 26.7 Å². The smallest absolute Gasteiger partial charge is 0.243 e. The quantitative estimate of drug-likeness (QED) is 0.834. The van der Waals surface area contributed by atoms with Crippen molar-refractivity contribution in [3.05, 3.63) is 11.4 Å². The predicted molar refractivity (Wildman–Crippen MR) is 65.8 cm³/mol. The number of nitrogens with one attached hydrogen (secondary N) is 1. The minimum Gasteiger partial charge on any atom is -0.388 e. The van der Waals surface area contributed by atoms with Crippen molar-refractivity contribution in [2.24, 2.45) is 0 Å². The van der Waals surface area contributed by atoms with Crippen molar-refractivity contribution in [2.75, 3.05) is 11.9 Å². The molecule has 0 amide bonds. The van der Waals surface area contributed by atoms with E-state index in [0.717, 1.165) is 37.1 Å². The molecule has 1 fully saturated rings. The summed E-state index contributed by atoms with van der Waals surface area (Å²) in [6.07, 6.45) is 5.15. The molecular formula is C12H20N4O. The number of nitrogens with zero attached hydrogens (tertiary/aromatic N) is 3. The molecular weight excluding hydrogens is 216 g/mol. The van der Waals surface area contributed by atoms with Gasteiger partial charge in [0.1, 0.15) is 0 Å². The summed E-state index contributed by atoms with van der Waals surface area (Å²) in [5.41, 5.74) is 1.12. The molecule has 94 valence electrons. The van der Waals surface area contributed by atoms with Crippen LogP contribution in [0.3, 0.4) is 0 Å². The van der Waals surface area contributed by atoms with Crippen molar-refractivity contribution in [1.82, 2.24) is 15.2 Å². The highest BCUT2D eigenvalue weighted by molar-refractivity contribution is 5.25. The van der Waals surface area contributed by atoms with Crippen LogP contribution in [-0.4, -0.2) is 32.4 Å². The molecule has 0 unspecified atom stereocenters. The molecule has 1 aromatic heterocycles. The zero-order chi connectivity index (χ0) is 12.3. The van der Waals surface area contributed by atoms with Crippen LogP contribution in [0.15, 0.2) is 0 Å².